The lowest BCUT2D eigenvalue weighted by atomic mass is 9.95. The van der Waals surface area contributed by atoms with Gasteiger partial charge in [-0.25, -0.2) is 9.97 Å². The number of benzene rings is 3. The third-order valence-corrected chi connectivity index (χ3v) is 7.30. The van der Waals surface area contributed by atoms with Gasteiger partial charge in [0.1, 0.15) is 5.82 Å². The van der Waals surface area contributed by atoms with Gasteiger partial charge in [0, 0.05) is 41.7 Å². The molecule has 0 saturated carbocycles. The highest BCUT2D eigenvalue weighted by atomic mass is 35.5. The Bertz CT molecular complexity index is 1660. The summed E-state index contributed by atoms with van der Waals surface area (Å²) in [6.07, 6.45) is -3.43. The van der Waals surface area contributed by atoms with E-state index in [0.717, 1.165) is 37.0 Å². The number of amides is 2. The second-order valence-corrected chi connectivity index (χ2v) is 11.6. The van der Waals surface area contributed by atoms with Crippen molar-refractivity contribution in [3.63, 3.8) is 0 Å². The van der Waals surface area contributed by atoms with E-state index < -0.39 is 23.1 Å². The summed E-state index contributed by atoms with van der Waals surface area (Å²) in [5.74, 6) is 0.417. The molecule has 1 aliphatic heterocycles. The van der Waals surface area contributed by atoms with Crippen LogP contribution in [-0.2, 0) is 17.5 Å². The molecule has 0 unspecified atom stereocenters. The molecule has 0 atom stereocenters. The molecule has 5 rings (SSSR count). The zero-order valence-electron chi connectivity index (χ0n) is 23.3. The number of fused-ring (bicyclic) bond motifs is 1. The van der Waals surface area contributed by atoms with Gasteiger partial charge < -0.3 is 15.5 Å². The van der Waals surface area contributed by atoms with E-state index in [2.05, 4.69) is 25.5 Å². The molecule has 218 valence electrons. The largest absolute Gasteiger partial charge is 0.416 e. The van der Waals surface area contributed by atoms with Crippen molar-refractivity contribution in [3.8, 4) is 11.4 Å². The van der Waals surface area contributed by atoms with Crippen LogP contribution in [0.1, 0.15) is 48.7 Å². The molecule has 2 amide bonds. The van der Waals surface area contributed by atoms with Crippen LogP contribution in [0.2, 0.25) is 5.02 Å². The van der Waals surface area contributed by atoms with Crippen molar-refractivity contribution in [2.24, 2.45) is 5.41 Å². The van der Waals surface area contributed by atoms with E-state index in [0.29, 0.717) is 28.1 Å². The summed E-state index contributed by atoms with van der Waals surface area (Å²) < 4.78 is 39.3. The van der Waals surface area contributed by atoms with E-state index in [9.17, 15) is 22.8 Å². The maximum atomic E-state index is 13.2. The van der Waals surface area contributed by atoms with Crippen molar-refractivity contribution in [1.82, 2.24) is 15.3 Å². The predicted molar refractivity (Wildman–Crippen MR) is 158 cm³/mol. The molecule has 7 nitrogen and oxygen atoms in total. The summed E-state index contributed by atoms with van der Waals surface area (Å²) >= 11 is 6.35. The molecule has 0 aliphatic carbocycles. The minimum atomic E-state index is -4.44. The molecule has 1 saturated heterocycles. The molecule has 2 N–H and O–H groups in total. The van der Waals surface area contributed by atoms with Crippen molar-refractivity contribution in [3.05, 3.63) is 82.4 Å². The average Bonchev–Trinajstić information content (AvgIpc) is 2.90. The van der Waals surface area contributed by atoms with E-state index >= 15 is 0 Å². The van der Waals surface area contributed by atoms with Gasteiger partial charge in [0.15, 0.2) is 5.82 Å². The van der Waals surface area contributed by atoms with Gasteiger partial charge in [0.25, 0.3) is 5.91 Å². The van der Waals surface area contributed by atoms with E-state index in [-0.39, 0.29) is 28.9 Å². The van der Waals surface area contributed by atoms with Crippen LogP contribution in [0.25, 0.3) is 22.3 Å². The molecule has 0 spiro atoms. The summed E-state index contributed by atoms with van der Waals surface area (Å²) in [6, 6.07) is 15.0. The number of alkyl halides is 3. The smallest absolute Gasteiger partial charge is 0.356 e. The molecule has 4 aromatic rings. The first kappa shape index (κ1) is 29.3. The second kappa shape index (κ2) is 11.2. The molecule has 3 aromatic carbocycles. The van der Waals surface area contributed by atoms with Crippen molar-refractivity contribution in [2.45, 2.75) is 39.9 Å². The van der Waals surface area contributed by atoms with Gasteiger partial charge in [0.05, 0.1) is 21.7 Å². The monoisotopic (exact) mass is 595 g/mol. The van der Waals surface area contributed by atoms with Gasteiger partial charge >= 0.3 is 6.18 Å². The Kier molecular flexibility index (Phi) is 7.85. The Hall–Kier alpha value is -4.18. The Labute approximate surface area is 246 Å². The summed E-state index contributed by atoms with van der Waals surface area (Å²) in [5.41, 5.74) is 1.10. The van der Waals surface area contributed by atoms with Crippen LogP contribution in [0.3, 0.4) is 0 Å². The Morgan fingerprint density at radius 3 is 2.29 bits per heavy atom. The molecule has 0 bridgehead atoms. The van der Waals surface area contributed by atoms with Gasteiger partial charge in [-0.05, 0) is 54.4 Å². The van der Waals surface area contributed by atoms with Crippen LogP contribution < -0.4 is 15.5 Å². The van der Waals surface area contributed by atoms with Crippen molar-refractivity contribution in [1.29, 1.82) is 0 Å². The number of carbonyl (C=O) groups is 2. The molecular formula is C31H29ClF3N5O2. The zero-order valence-corrected chi connectivity index (χ0v) is 24.0. The van der Waals surface area contributed by atoms with Gasteiger partial charge in [-0.15, -0.1) is 0 Å². The molecule has 11 heteroatoms. The van der Waals surface area contributed by atoms with Crippen LogP contribution in [0.4, 0.5) is 24.7 Å². The number of nitrogens with one attached hydrogen (secondary N) is 2. The molecule has 1 fully saturated rings. The molecule has 1 aromatic heterocycles. The maximum absolute atomic E-state index is 13.2. The average molecular weight is 596 g/mol. The number of carbonyl (C=O) groups excluding carboxylic acids is 2. The van der Waals surface area contributed by atoms with Crippen molar-refractivity contribution >= 4 is 45.8 Å². The normalized spacial score (nSPS) is 13.5. The van der Waals surface area contributed by atoms with Crippen LogP contribution in [0.5, 0.6) is 0 Å². The number of anilines is 2. The van der Waals surface area contributed by atoms with Gasteiger partial charge in [-0.3, -0.25) is 9.59 Å². The third kappa shape index (κ3) is 6.33. The number of rotatable bonds is 6. The quantitative estimate of drug-likeness (QED) is 0.248. The third-order valence-electron chi connectivity index (χ3n) is 6.97. The number of hydrogen-bond donors (Lipinski definition) is 2. The first-order valence-electron chi connectivity index (χ1n) is 13.4. The second-order valence-electron chi connectivity index (χ2n) is 11.2. The van der Waals surface area contributed by atoms with E-state index in [1.807, 2.05) is 26.8 Å². The highest BCUT2D eigenvalue weighted by Gasteiger charge is 2.30. The topological polar surface area (TPSA) is 87.2 Å². The molecule has 0 radical (unpaired) electrons. The summed E-state index contributed by atoms with van der Waals surface area (Å²) in [4.78, 5) is 36.9. The fourth-order valence-corrected chi connectivity index (χ4v) is 4.60. The van der Waals surface area contributed by atoms with E-state index in [1.165, 1.54) is 12.1 Å². The maximum Gasteiger partial charge on any atom is 0.416 e. The Balaban J connectivity index is 1.43. The van der Waals surface area contributed by atoms with Crippen LogP contribution in [-0.4, -0.2) is 34.9 Å². The minimum Gasteiger partial charge on any atom is -0.356 e. The number of aromatic nitrogens is 2. The van der Waals surface area contributed by atoms with Crippen LogP contribution >= 0.6 is 11.6 Å². The number of nitrogens with zero attached hydrogens (tertiary/aromatic N) is 3. The van der Waals surface area contributed by atoms with Crippen LogP contribution in [0, 0.1) is 5.41 Å². The molecule has 42 heavy (non-hydrogen) atoms. The minimum absolute atomic E-state index is 0.116. The summed E-state index contributed by atoms with van der Waals surface area (Å²) in [6.45, 7) is 7.31. The molecule has 1 aliphatic rings. The fourth-order valence-electron chi connectivity index (χ4n) is 4.40. The lowest BCUT2D eigenvalue weighted by Gasteiger charge is -2.33. The van der Waals surface area contributed by atoms with Gasteiger partial charge in [0.2, 0.25) is 5.91 Å². The molecular weight excluding hydrogens is 567 g/mol. The fraction of sp³-hybridized carbons (Fsp3) is 0.290. The van der Waals surface area contributed by atoms with Gasteiger partial charge in [-0.1, -0.05) is 50.6 Å². The van der Waals surface area contributed by atoms with E-state index in [1.54, 1.807) is 30.3 Å². The SMILES string of the molecule is CC(C)(C)C(=O)NCc1ccc(Cl)c(C(=O)Nc2ccc3c(N4CCC4)nc(-c4ccc(C(F)(F)F)cc4)nc3c2)c1. The van der Waals surface area contributed by atoms with Gasteiger partial charge in [-0.2, -0.15) is 13.2 Å². The molecule has 2 heterocycles. The Morgan fingerprint density at radius 2 is 1.67 bits per heavy atom. The van der Waals surface area contributed by atoms with Crippen molar-refractivity contribution < 1.29 is 22.8 Å². The first-order chi connectivity index (χ1) is 19.8. The number of hydrogen-bond acceptors (Lipinski definition) is 5. The lowest BCUT2D eigenvalue weighted by molar-refractivity contribution is -0.137. The zero-order chi connectivity index (χ0) is 30.2. The first-order valence-corrected chi connectivity index (χ1v) is 13.8. The highest BCUT2D eigenvalue weighted by Crippen LogP contribution is 2.34. The Morgan fingerprint density at radius 1 is 0.952 bits per heavy atom. The van der Waals surface area contributed by atoms with Crippen molar-refractivity contribution in [2.75, 3.05) is 23.3 Å². The van der Waals surface area contributed by atoms with E-state index in [4.69, 9.17) is 11.6 Å². The van der Waals surface area contributed by atoms with Crippen LogP contribution in [0.15, 0.2) is 60.7 Å². The highest BCUT2D eigenvalue weighted by molar-refractivity contribution is 6.34. The lowest BCUT2D eigenvalue weighted by Crippen LogP contribution is -2.37. The summed E-state index contributed by atoms with van der Waals surface area (Å²) in [5, 5.41) is 6.74. The standard InChI is InChI=1S/C31H29ClF3N5O2/c1-30(2,3)29(42)36-17-18-5-12-24(32)23(15-18)28(41)37-21-10-11-22-25(16-21)38-26(39-27(22)40-13-4-14-40)19-6-8-20(9-7-19)31(33,34)35/h5-12,15-16H,4,13-14,17H2,1-3H3,(H,36,42)(H,37,41). The summed E-state index contributed by atoms with van der Waals surface area (Å²) in [7, 11) is 0. The predicted octanol–water partition coefficient (Wildman–Crippen LogP) is 7.09. The number of halogens is 4.